The highest BCUT2D eigenvalue weighted by Crippen LogP contribution is 2.34. The van der Waals surface area contributed by atoms with E-state index >= 15 is 0 Å². The summed E-state index contributed by atoms with van der Waals surface area (Å²) < 4.78 is 12.3. The number of amides is 1. The monoisotopic (exact) mass is 436 g/mol. The highest BCUT2D eigenvalue weighted by atomic mass is 79.9. The quantitative estimate of drug-likeness (QED) is 0.709. The molecule has 7 heteroatoms. The van der Waals surface area contributed by atoms with Crippen LogP contribution in [0, 0.1) is 0 Å². The highest BCUT2D eigenvalue weighted by molar-refractivity contribution is 9.11. The Labute approximate surface area is 148 Å². The number of anilines is 1. The topological polar surface area (TPSA) is 59.6 Å². The first-order valence-corrected chi connectivity index (χ1v) is 8.47. The summed E-state index contributed by atoms with van der Waals surface area (Å²) in [4.78, 5) is 11.6. The third-order valence-corrected chi connectivity index (χ3v) is 3.87. The number of halogens is 2. The summed E-state index contributed by atoms with van der Waals surface area (Å²) in [6.45, 7) is 7.91. The maximum Gasteiger partial charge on any atom is 0.407 e. The Morgan fingerprint density at radius 3 is 2.45 bits per heavy atom. The molecule has 0 spiro atoms. The predicted molar refractivity (Wildman–Crippen MR) is 95.7 cm³/mol. The Morgan fingerprint density at radius 1 is 1.27 bits per heavy atom. The summed E-state index contributed by atoms with van der Waals surface area (Å²) in [5.74, 6) is 0.734. The van der Waals surface area contributed by atoms with Gasteiger partial charge in [-0.3, -0.25) is 0 Å². The minimum atomic E-state index is -0.497. The summed E-state index contributed by atoms with van der Waals surface area (Å²) in [5, 5.41) is 6.05. The van der Waals surface area contributed by atoms with Crippen molar-refractivity contribution in [3.63, 3.8) is 0 Å². The molecule has 1 amide bonds. The third kappa shape index (κ3) is 6.44. The molecule has 0 aliphatic heterocycles. The second kappa shape index (κ2) is 8.06. The molecule has 124 valence electrons. The average Bonchev–Trinajstić information content (AvgIpc) is 2.37. The van der Waals surface area contributed by atoms with Gasteiger partial charge in [0.1, 0.15) is 11.4 Å². The van der Waals surface area contributed by atoms with Crippen molar-refractivity contribution >= 4 is 43.6 Å². The molecule has 1 aromatic carbocycles. The molecule has 0 saturated heterocycles. The first kappa shape index (κ1) is 19.1. The van der Waals surface area contributed by atoms with E-state index < -0.39 is 11.7 Å². The number of nitrogens with one attached hydrogen (secondary N) is 2. The van der Waals surface area contributed by atoms with Gasteiger partial charge in [-0.2, -0.15) is 0 Å². The standard InChI is InChI=1S/C15H22Br2N2O3/c1-9(8-18-14(20)22-15(2,3)4)19-12-7-13(21-5)11(17)6-10(12)16/h6-7,9,19H,8H2,1-5H3,(H,18,20). The lowest BCUT2D eigenvalue weighted by Gasteiger charge is -2.22. The zero-order valence-electron chi connectivity index (χ0n) is 13.4. The molecule has 1 aromatic rings. The molecule has 0 bridgehead atoms. The molecular formula is C15H22Br2N2O3. The molecule has 0 radical (unpaired) electrons. The van der Waals surface area contributed by atoms with E-state index in [-0.39, 0.29) is 6.04 Å². The van der Waals surface area contributed by atoms with Gasteiger partial charge in [-0.1, -0.05) is 0 Å². The third-order valence-electron chi connectivity index (χ3n) is 2.59. The van der Waals surface area contributed by atoms with Gasteiger partial charge in [-0.15, -0.1) is 0 Å². The predicted octanol–water partition coefficient (Wildman–Crippen LogP) is 4.55. The largest absolute Gasteiger partial charge is 0.495 e. The molecule has 0 heterocycles. The minimum Gasteiger partial charge on any atom is -0.495 e. The Kier molecular flexibility index (Phi) is 6.99. The van der Waals surface area contributed by atoms with E-state index in [1.807, 2.05) is 39.8 Å². The van der Waals surface area contributed by atoms with Crippen LogP contribution >= 0.6 is 31.9 Å². The zero-order chi connectivity index (χ0) is 16.9. The van der Waals surface area contributed by atoms with Crippen molar-refractivity contribution in [2.45, 2.75) is 39.3 Å². The van der Waals surface area contributed by atoms with Crippen molar-refractivity contribution in [2.75, 3.05) is 19.0 Å². The van der Waals surface area contributed by atoms with Crippen LogP contribution in [-0.4, -0.2) is 31.4 Å². The Morgan fingerprint density at radius 2 is 1.91 bits per heavy atom. The molecular weight excluding hydrogens is 416 g/mol. The Balaban J connectivity index is 2.59. The van der Waals surface area contributed by atoms with Crippen molar-refractivity contribution in [3.05, 3.63) is 21.1 Å². The van der Waals surface area contributed by atoms with Crippen molar-refractivity contribution in [1.29, 1.82) is 0 Å². The smallest absolute Gasteiger partial charge is 0.407 e. The second-order valence-corrected chi connectivity index (χ2v) is 7.60. The van der Waals surface area contributed by atoms with Crippen molar-refractivity contribution in [3.8, 4) is 5.75 Å². The average molecular weight is 438 g/mol. The maximum atomic E-state index is 11.6. The van der Waals surface area contributed by atoms with Crippen molar-refractivity contribution in [2.24, 2.45) is 0 Å². The van der Waals surface area contributed by atoms with Gasteiger partial charge in [-0.25, -0.2) is 4.79 Å². The fourth-order valence-electron chi connectivity index (χ4n) is 1.66. The van der Waals surface area contributed by atoms with E-state index in [0.29, 0.717) is 6.54 Å². The first-order valence-electron chi connectivity index (χ1n) is 6.89. The SMILES string of the molecule is COc1cc(NC(C)CNC(=O)OC(C)(C)C)c(Br)cc1Br. The van der Waals surface area contributed by atoms with Crippen molar-refractivity contribution < 1.29 is 14.3 Å². The molecule has 0 aromatic heterocycles. The first-order chi connectivity index (χ1) is 10.1. The molecule has 0 aliphatic rings. The van der Waals surface area contributed by atoms with Gasteiger partial charge < -0.3 is 20.1 Å². The fraction of sp³-hybridized carbons (Fsp3) is 0.533. The molecule has 2 N–H and O–H groups in total. The van der Waals surface area contributed by atoms with E-state index in [1.165, 1.54) is 0 Å². The van der Waals surface area contributed by atoms with Gasteiger partial charge in [0.25, 0.3) is 0 Å². The number of carbonyl (C=O) groups is 1. The number of hydrogen-bond donors (Lipinski definition) is 2. The number of benzene rings is 1. The summed E-state index contributed by atoms with van der Waals surface area (Å²) in [7, 11) is 1.62. The van der Waals surface area contributed by atoms with Crippen LogP contribution in [0.5, 0.6) is 5.75 Å². The molecule has 1 atom stereocenters. The van der Waals surface area contributed by atoms with Gasteiger partial charge in [0.15, 0.2) is 0 Å². The molecule has 0 fully saturated rings. The van der Waals surface area contributed by atoms with Crippen LogP contribution in [0.3, 0.4) is 0 Å². The fourth-order valence-corrected chi connectivity index (χ4v) is 2.93. The summed E-state index contributed by atoms with van der Waals surface area (Å²) in [6.07, 6.45) is -0.423. The summed E-state index contributed by atoms with van der Waals surface area (Å²) >= 11 is 6.93. The van der Waals surface area contributed by atoms with E-state index in [2.05, 4.69) is 42.5 Å². The maximum absolute atomic E-state index is 11.6. The van der Waals surface area contributed by atoms with Gasteiger partial charge >= 0.3 is 6.09 Å². The normalized spacial score (nSPS) is 12.5. The molecule has 1 rings (SSSR count). The minimum absolute atomic E-state index is 0.0229. The van der Waals surface area contributed by atoms with Gasteiger partial charge in [0.2, 0.25) is 0 Å². The molecule has 22 heavy (non-hydrogen) atoms. The summed E-state index contributed by atoms with van der Waals surface area (Å²) in [6, 6.07) is 3.82. The zero-order valence-corrected chi connectivity index (χ0v) is 16.6. The van der Waals surface area contributed by atoms with Crippen molar-refractivity contribution in [1.82, 2.24) is 5.32 Å². The number of alkyl carbamates (subject to hydrolysis) is 1. The second-order valence-electron chi connectivity index (χ2n) is 5.89. The number of methoxy groups -OCH3 is 1. The number of carbonyl (C=O) groups excluding carboxylic acids is 1. The van der Waals surface area contributed by atoms with Gasteiger partial charge in [0.05, 0.1) is 17.3 Å². The van der Waals surface area contributed by atoms with E-state index in [1.54, 1.807) is 7.11 Å². The number of hydrogen-bond acceptors (Lipinski definition) is 4. The van der Waals surface area contributed by atoms with E-state index in [9.17, 15) is 4.79 Å². The van der Waals surface area contributed by atoms with Crippen LogP contribution in [0.25, 0.3) is 0 Å². The highest BCUT2D eigenvalue weighted by Gasteiger charge is 2.16. The van der Waals surface area contributed by atoms with Crippen LogP contribution in [-0.2, 0) is 4.74 Å². The summed E-state index contributed by atoms with van der Waals surface area (Å²) in [5.41, 5.74) is 0.390. The van der Waals surface area contributed by atoms with Gasteiger partial charge in [-0.05, 0) is 65.6 Å². The van der Waals surface area contributed by atoms with Crippen LogP contribution in [0.2, 0.25) is 0 Å². The lowest BCUT2D eigenvalue weighted by atomic mass is 10.2. The Hall–Kier alpha value is -0.950. The van der Waals surface area contributed by atoms with Crippen LogP contribution in [0.1, 0.15) is 27.7 Å². The lowest BCUT2D eigenvalue weighted by Crippen LogP contribution is -2.38. The van der Waals surface area contributed by atoms with Crippen LogP contribution in [0.15, 0.2) is 21.1 Å². The Bertz CT molecular complexity index is 530. The molecule has 0 aliphatic carbocycles. The van der Waals surface area contributed by atoms with E-state index in [4.69, 9.17) is 9.47 Å². The number of ether oxygens (including phenoxy) is 2. The van der Waals surface area contributed by atoms with Crippen LogP contribution < -0.4 is 15.4 Å². The van der Waals surface area contributed by atoms with Gasteiger partial charge in [0, 0.05) is 23.1 Å². The lowest BCUT2D eigenvalue weighted by molar-refractivity contribution is 0.0526. The molecule has 5 nitrogen and oxygen atoms in total. The molecule has 1 unspecified atom stereocenters. The van der Waals surface area contributed by atoms with E-state index in [0.717, 1.165) is 20.4 Å². The van der Waals surface area contributed by atoms with Crippen LogP contribution in [0.4, 0.5) is 10.5 Å². The number of rotatable bonds is 5. The molecule has 0 saturated carbocycles.